The summed E-state index contributed by atoms with van der Waals surface area (Å²) in [6.45, 7) is 4.53. The van der Waals surface area contributed by atoms with E-state index < -0.39 is 0 Å². The Hall–Kier alpha value is -1.81. The molecule has 0 unspecified atom stereocenters. The van der Waals surface area contributed by atoms with Crippen molar-refractivity contribution in [1.82, 2.24) is 14.9 Å². The molecule has 2 fully saturated rings. The minimum absolute atomic E-state index is 0.606. The summed E-state index contributed by atoms with van der Waals surface area (Å²) < 4.78 is 2.23. The van der Waals surface area contributed by atoms with Crippen molar-refractivity contribution in [2.75, 3.05) is 31.1 Å². The van der Waals surface area contributed by atoms with Crippen LogP contribution in [-0.2, 0) is 0 Å². The Kier molecular flexibility index (Phi) is 3.39. The van der Waals surface area contributed by atoms with E-state index in [1.165, 1.54) is 49.4 Å². The number of hydrogen-bond acceptors (Lipinski definition) is 3. The number of hydrogen-bond donors (Lipinski definition) is 1. The van der Waals surface area contributed by atoms with Gasteiger partial charge in [-0.1, -0.05) is 0 Å². The first-order chi connectivity index (χ1) is 10.4. The third kappa shape index (κ3) is 2.44. The molecule has 2 aromatic rings. The largest absolute Gasteiger partial charge is 0.372 e. The van der Waals surface area contributed by atoms with Gasteiger partial charge in [0, 0.05) is 55.4 Å². The fourth-order valence-corrected chi connectivity index (χ4v) is 3.30. The van der Waals surface area contributed by atoms with Gasteiger partial charge in [-0.15, -0.1) is 0 Å². The van der Waals surface area contributed by atoms with Gasteiger partial charge in [0.25, 0.3) is 0 Å². The number of imidazole rings is 1. The van der Waals surface area contributed by atoms with Crippen LogP contribution >= 0.6 is 0 Å². The molecule has 1 aromatic carbocycles. The van der Waals surface area contributed by atoms with Crippen LogP contribution in [0.25, 0.3) is 5.69 Å². The van der Waals surface area contributed by atoms with Crippen molar-refractivity contribution in [3.05, 3.63) is 42.5 Å². The number of rotatable bonds is 3. The van der Waals surface area contributed by atoms with Gasteiger partial charge in [-0.2, -0.15) is 0 Å². The lowest BCUT2D eigenvalue weighted by Gasteiger charge is -2.29. The molecule has 0 amide bonds. The van der Waals surface area contributed by atoms with Crippen LogP contribution in [0.2, 0.25) is 0 Å². The first-order valence-electron chi connectivity index (χ1n) is 8.00. The van der Waals surface area contributed by atoms with Gasteiger partial charge in [0.2, 0.25) is 0 Å². The second-order valence-corrected chi connectivity index (χ2v) is 6.11. The van der Waals surface area contributed by atoms with Crippen LogP contribution in [-0.4, -0.2) is 35.7 Å². The highest BCUT2D eigenvalue weighted by Gasteiger charge is 2.22. The molecule has 2 aliphatic rings. The zero-order valence-electron chi connectivity index (χ0n) is 12.3. The van der Waals surface area contributed by atoms with Crippen LogP contribution in [0.5, 0.6) is 0 Å². The van der Waals surface area contributed by atoms with Gasteiger partial charge in [-0.05, 0) is 43.5 Å². The highest BCUT2D eigenvalue weighted by molar-refractivity contribution is 5.51. The smallest absolute Gasteiger partial charge is 0.0994 e. The lowest BCUT2D eigenvalue weighted by molar-refractivity contribution is 0.435. The average molecular weight is 282 g/mol. The molecule has 4 nitrogen and oxygen atoms in total. The van der Waals surface area contributed by atoms with Crippen LogP contribution in [0.3, 0.4) is 0 Å². The van der Waals surface area contributed by atoms with Crippen molar-refractivity contribution >= 4 is 5.69 Å². The lowest BCUT2D eigenvalue weighted by Crippen LogP contribution is -2.40. The molecule has 2 aliphatic heterocycles. The van der Waals surface area contributed by atoms with E-state index in [1.54, 1.807) is 0 Å². The van der Waals surface area contributed by atoms with Gasteiger partial charge in [0.1, 0.15) is 0 Å². The summed E-state index contributed by atoms with van der Waals surface area (Å²) in [5.74, 6) is 0.606. The third-order valence-corrected chi connectivity index (χ3v) is 4.72. The van der Waals surface area contributed by atoms with Crippen molar-refractivity contribution in [2.24, 2.45) is 0 Å². The zero-order chi connectivity index (χ0) is 14.1. The molecular formula is C17H22N4. The normalized spacial score (nSPS) is 19.5. The lowest BCUT2D eigenvalue weighted by atomic mass is 10.00. The molecule has 21 heavy (non-hydrogen) atoms. The Morgan fingerprint density at radius 2 is 1.67 bits per heavy atom. The second kappa shape index (κ2) is 5.53. The van der Waals surface area contributed by atoms with Crippen molar-refractivity contribution in [3.8, 4) is 5.69 Å². The predicted octanol–water partition coefficient (Wildman–Crippen LogP) is 2.55. The molecule has 0 radical (unpaired) electrons. The summed E-state index contributed by atoms with van der Waals surface area (Å²) in [5, 5.41) is 3.33. The van der Waals surface area contributed by atoms with E-state index in [4.69, 9.17) is 0 Å². The van der Waals surface area contributed by atoms with E-state index in [0.29, 0.717) is 5.92 Å². The fourth-order valence-electron chi connectivity index (χ4n) is 3.30. The Labute approximate surface area is 125 Å². The molecule has 1 N–H and O–H groups in total. The maximum absolute atomic E-state index is 4.34. The Bertz CT molecular complexity index is 592. The molecule has 0 saturated carbocycles. The summed E-state index contributed by atoms with van der Waals surface area (Å²) in [6, 6.07) is 8.95. The number of benzene rings is 1. The highest BCUT2D eigenvalue weighted by atomic mass is 15.1. The molecule has 3 heterocycles. The van der Waals surface area contributed by atoms with E-state index in [0.717, 1.165) is 13.1 Å². The summed E-state index contributed by atoms with van der Waals surface area (Å²) in [4.78, 5) is 6.84. The van der Waals surface area contributed by atoms with Gasteiger partial charge < -0.3 is 14.8 Å². The van der Waals surface area contributed by atoms with Crippen LogP contribution in [0.4, 0.5) is 5.69 Å². The van der Waals surface area contributed by atoms with Gasteiger partial charge >= 0.3 is 0 Å². The maximum atomic E-state index is 4.34. The minimum atomic E-state index is 0.606. The summed E-state index contributed by atoms with van der Waals surface area (Å²) in [7, 11) is 0. The first-order valence-corrected chi connectivity index (χ1v) is 8.00. The van der Waals surface area contributed by atoms with E-state index in [1.807, 2.05) is 12.5 Å². The van der Waals surface area contributed by atoms with E-state index in [2.05, 4.69) is 44.0 Å². The number of aromatic nitrogens is 2. The number of anilines is 1. The summed E-state index contributed by atoms with van der Waals surface area (Å²) >= 11 is 0. The quantitative estimate of drug-likeness (QED) is 0.939. The Morgan fingerprint density at radius 1 is 0.952 bits per heavy atom. The number of piperidine rings is 1. The third-order valence-electron chi connectivity index (χ3n) is 4.72. The van der Waals surface area contributed by atoms with Crippen LogP contribution in [0.1, 0.15) is 30.9 Å². The topological polar surface area (TPSA) is 33.1 Å². The molecule has 110 valence electrons. The predicted molar refractivity (Wildman–Crippen MR) is 85.2 cm³/mol. The molecule has 0 atom stereocenters. The van der Waals surface area contributed by atoms with Gasteiger partial charge in [0.05, 0.1) is 6.33 Å². The average Bonchev–Trinajstić information content (AvgIpc) is 2.96. The monoisotopic (exact) mass is 282 g/mol. The van der Waals surface area contributed by atoms with E-state index in [-0.39, 0.29) is 0 Å². The molecule has 0 bridgehead atoms. The molecule has 4 rings (SSSR count). The zero-order valence-corrected chi connectivity index (χ0v) is 12.3. The van der Waals surface area contributed by atoms with Crippen molar-refractivity contribution in [3.63, 3.8) is 0 Å². The van der Waals surface area contributed by atoms with Gasteiger partial charge in [-0.25, -0.2) is 4.98 Å². The van der Waals surface area contributed by atoms with Gasteiger partial charge in [0.15, 0.2) is 0 Å². The Morgan fingerprint density at radius 3 is 2.33 bits per heavy atom. The van der Waals surface area contributed by atoms with Crippen LogP contribution < -0.4 is 10.2 Å². The fraction of sp³-hybridized carbons (Fsp3) is 0.471. The molecular weight excluding hydrogens is 260 g/mol. The molecule has 0 spiro atoms. The summed E-state index contributed by atoms with van der Waals surface area (Å²) in [6.07, 6.45) is 7.96. The van der Waals surface area contributed by atoms with Crippen molar-refractivity contribution in [1.29, 1.82) is 0 Å². The molecule has 4 heteroatoms. The molecule has 0 aliphatic carbocycles. The maximum Gasteiger partial charge on any atom is 0.0994 e. The minimum Gasteiger partial charge on any atom is -0.372 e. The van der Waals surface area contributed by atoms with E-state index in [9.17, 15) is 0 Å². The standard InChI is InChI=1S/C17H22N4/c1-2-8-20(9-3-1)15-4-6-16(7-5-15)21-13-19-12-17(21)14-10-18-11-14/h4-7,12-14,18H,1-3,8-11H2. The highest BCUT2D eigenvalue weighted by Crippen LogP contribution is 2.25. The second-order valence-electron chi connectivity index (χ2n) is 6.11. The van der Waals surface area contributed by atoms with Crippen molar-refractivity contribution in [2.45, 2.75) is 25.2 Å². The van der Waals surface area contributed by atoms with E-state index >= 15 is 0 Å². The van der Waals surface area contributed by atoms with Gasteiger partial charge in [-0.3, -0.25) is 0 Å². The first kappa shape index (κ1) is 12.9. The van der Waals surface area contributed by atoms with Crippen LogP contribution in [0.15, 0.2) is 36.8 Å². The number of nitrogens with one attached hydrogen (secondary N) is 1. The Balaban J connectivity index is 1.57. The number of nitrogens with zero attached hydrogens (tertiary/aromatic N) is 3. The van der Waals surface area contributed by atoms with Crippen LogP contribution in [0, 0.1) is 0 Å². The SMILES string of the molecule is c1cc(-n2cncc2C2CNC2)ccc1N1CCCCC1. The molecule has 2 saturated heterocycles. The molecule has 1 aromatic heterocycles. The summed E-state index contributed by atoms with van der Waals surface area (Å²) in [5.41, 5.74) is 3.89. The van der Waals surface area contributed by atoms with Crippen molar-refractivity contribution < 1.29 is 0 Å².